The first-order chi connectivity index (χ1) is 7.29. The van der Waals surface area contributed by atoms with Crippen molar-refractivity contribution >= 4 is 5.97 Å². The normalized spacial score (nSPS) is 10.3. The Morgan fingerprint density at radius 2 is 2.06 bits per heavy atom. The minimum absolute atomic E-state index is 0.0185. The van der Waals surface area contributed by atoms with E-state index in [9.17, 15) is 13.2 Å². The van der Waals surface area contributed by atoms with Gasteiger partial charge in [-0.15, -0.1) is 0 Å². The molecule has 7 heteroatoms. The van der Waals surface area contributed by atoms with E-state index in [-0.39, 0.29) is 12.1 Å². The lowest BCUT2D eigenvalue weighted by Gasteiger charge is -2.08. The molecule has 1 aromatic heterocycles. The van der Waals surface area contributed by atoms with Crippen LogP contribution in [-0.2, 0) is 17.5 Å². The number of hydrogen-bond acceptors (Lipinski definition) is 3. The van der Waals surface area contributed by atoms with E-state index in [1.165, 1.54) is 12.1 Å². The lowest BCUT2D eigenvalue weighted by molar-refractivity contribution is -0.141. The summed E-state index contributed by atoms with van der Waals surface area (Å²) >= 11 is 0. The van der Waals surface area contributed by atoms with Gasteiger partial charge in [0.2, 0.25) is 0 Å². The molecule has 1 rings (SSSR count). The molecule has 0 aliphatic heterocycles. The number of aromatic nitrogens is 1. The van der Waals surface area contributed by atoms with Gasteiger partial charge >= 0.3 is 6.18 Å². The molecule has 0 amide bonds. The van der Waals surface area contributed by atoms with Crippen LogP contribution in [0.1, 0.15) is 18.2 Å². The van der Waals surface area contributed by atoms with Crippen LogP contribution in [0.3, 0.4) is 0 Å². The Kier molecular flexibility index (Phi) is 5.44. The number of nitrogens with zero attached hydrogens (tertiary/aromatic N) is 1. The van der Waals surface area contributed by atoms with Gasteiger partial charge in [0.15, 0.2) is 0 Å². The molecular weight excluding hydrogens is 225 g/mol. The van der Waals surface area contributed by atoms with Gasteiger partial charge in [-0.2, -0.15) is 13.2 Å². The number of carboxylic acid groups (broad SMARTS) is 1. The van der Waals surface area contributed by atoms with E-state index in [4.69, 9.17) is 15.6 Å². The summed E-state index contributed by atoms with van der Waals surface area (Å²) in [4.78, 5) is 12.2. The first-order valence-corrected chi connectivity index (χ1v) is 4.19. The highest BCUT2D eigenvalue weighted by Gasteiger charge is 2.34. The van der Waals surface area contributed by atoms with Crippen LogP contribution in [0.15, 0.2) is 18.3 Å². The molecule has 1 heterocycles. The maximum atomic E-state index is 12.1. The Morgan fingerprint density at radius 3 is 2.38 bits per heavy atom. The number of rotatable bonds is 1. The minimum atomic E-state index is -4.41. The van der Waals surface area contributed by atoms with Crippen LogP contribution < -0.4 is 5.73 Å². The summed E-state index contributed by atoms with van der Waals surface area (Å²) in [5.74, 6) is -0.833. The zero-order valence-electron chi connectivity index (χ0n) is 8.45. The standard InChI is InChI=1S/C7H7F3N2.C2H4O2/c8-7(9,10)6-5(4-11)2-1-3-12-6;1-2(3)4/h1-3H,4,11H2;1H3,(H,3,4). The second-order valence-electron chi connectivity index (χ2n) is 2.73. The summed E-state index contributed by atoms with van der Waals surface area (Å²) in [6.45, 7) is 0.933. The van der Waals surface area contributed by atoms with Gasteiger partial charge in [-0.05, 0) is 11.6 Å². The van der Waals surface area contributed by atoms with Crippen LogP contribution in [-0.4, -0.2) is 16.1 Å². The van der Waals surface area contributed by atoms with Gasteiger partial charge in [0.25, 0.3) is 5.97 Å². The molecule has 0 fully saturated rings. The number of nitrogens with two attached hydrogens (primary N) is 1. The van der Waals surface area contributed by atoms with E-state index in [0.717, 1.165) is 13.1 Å². The molecule has 0 saturated carbocycles. The molecule has 0 aliphatic rings. The summed E-state index contributed by atoms with van der Waals surface area (Å²) in [7, 11) is 0. The Hall–Kier alpha value is -1.63. The van der Waals surface area contributed by atoms with E-state index in [0.29, 0.717) is 0 Å². The highest BCUT2D eigenvalue weighted by molar-refractivity contribution is 5.62. The van der Waals surface area contributed by atoms with Crippen molar-refractivity contribution in [2.45, 2.75) is 19.6 Å². The van der Waals surface area contributed by atoms with Crippen molar-refractivity contribution < 1.29 is 23.1 Å². The fourth-order valence-electron chi connectivity index (χ4n) is 0.859. The van der Waals surface area contributed by atoms with Gasteiger partial charge < -0.3 is 10.8 Å². The minimum Gasteiger partial charge on any atom is -0.481 e. The summed E-state index contributed by atoms with van der Waals surface area (Å²) in [5, 5.41) is 7.42. The summed E-state index contributed by atoms with van der Waals surface area (Å²) < 4.78 is 36.4. The number of carboxylic acids is 1. The molecule has 0 atom stereocenters. The molecule has 0 radical (unpaired) electrons. The van der Waals surface area contributed by atoms with E-state index in [1.807, 2.05) is 0 Å². The molecule has 0 aliphatic carbocycles. The van der Waals surface area contributed by atoms with Gasteiger partial charge in [0, 0.05) is 19.7 Å². The highest BCUT2D eigenvalue weighted by Crippen LogP contribution is 2.29. The second-order valence-corrected chi connectivity index (χ2v) is 2.73. The van der Waals surface area contributed by atoms with Crippen LogP contribution in [0, 0.1) is 0 Å². The second kappa shape index (κ2) is 6.06. The Balaban J connectivity index is 0.000000487. The zero-order chi connectivity index (χ0) is 12.8. The fourth-order valence-corrected chi connectivity index (χ4v) is 0.859. The number of hydrogen-bond donors (Lipinski definition) is 2. The average Bonchev–Trinajstić information content (AvgIpc) is 2.15. The first-order valence-electron chi connectivity index (χ1n) is 4.19. The molecule has 0 aromatic carbocycles. The Bertz CT molecular complexity index is 349. The summed E-state index contributed by atoms with van der Waals surface area (Å²) in [6, 6.07) is 2.74. The van der Waals surface area contributed by atoms with Crippen LogP contribution in [0.25, 0.3) is 0 Å². The van der Waals surface area contributed by atoms with Crippen LogP contribution >= 0.6 is 0 Å². The van der Waals surface area contributed by atoms with Crippen LogP contribution in [0.5, 0.6) is 0 Å². The van der Waals surface area contributed by atoms with Gasteiger partial charge in [0.1, 0.15) is 5.69 Å². The van der Waals surface area contributed by atoms with Gasteiger partial charge in [-0.3, -0.25) is 9.78 Å². The smallest absolute Gasteiger partial charge is 0.433 e. The van der Waals surface area contributed by atoms with Crippen molar-refractivity contribution in [1.29, 1.82) is 0 Å². The summed E-state index contributed by atoms with van der Waals surface area (Å²) in [5.41, 5.74) is 4.23. The topological polar surface area (TPSA) is 76.2 Å². The molecule has 0 unspecified atom stereocenters. The third-order valence-corrected chi connectivity index (χ3v) is 1.38. The highest BCUT2D eigenvalue weighted by atomic mass is 19.4. The SMILES string of the molecule is CC(=O)O.NCc1cccnc1C(F)(F)F. The van der Waals surface area contributed by atoms with Crippen LogP contribution in [0.4, 0.5) is 13.2 Å². The predicted molar refractivity (Wildman–Crippen MR) is 50.4 cm³/mol. The Labute approximate surface area is 89.9 Å². The van der Waals surface area contributed by atoms with Crippen LogP contribution in [0.2, 0.25) is 0 Å². The molecule has 3 N–H and O–H groups in total. The molecule has 0 spiro atoms. The number of pyridine rings is 1. The van der Waals surface area contributed by atoms with E-state index >= 15 is 0 Å². The number of halogens is 3. The van der Waals surface area contributed by atoms with Gasteiger partial charge in [0.05, 0.1) is 0 Å². The van der Waals surface area contributed by atoms with E-state index in [1.54, 1.807) is 0 Å². The van der Waals surface area contributed by atoms with Gasteiger partial charge in [-0.25, -0.2) is 0 Å². The lowest BCUT2D eigenvalue weighted by atomic mass is 10.2. The molecule has 90 valence electrons. The van der Waals surface area contributed by atoms with Crippen molar-refractivity contribution in [2.24, 2.45) is 5.73 Å². The number of alkyl halides is 3. The monoisotopic (exact) mass is 236 g/mol. The Morgan fingerprint density at radius 1 is 1.56 bits per heavy atom. The molecular formula is C9H11F3N2O2. The largest absolute Gasteiger partial charge is 0.481 e. The molecule has 4 nitrogen and oxygen atoms in total. The number of aliphatic carboxylic acids is 1. The van der Waals surface area contributed by atoms with Crippen molar-refractivity contribution in [1.82, 2.24) is 4.98 Å². The molecule has 1 aromatic rings. The van der Waals surface area contributed by atoms with Crippen molar-refractivity contribution in [3.8, 4) is 0 Å². The average molecular weight is 236 g/mol. The molecule has 0 bridgehead atoms. The lowest BCUT2D eigenvalue weighted by Crippen LogP contribution is -2.13. The number of carbonyl (C=O) groups is 1. The molecule has 16 heavy (non-hydrogen) atoms. The predicted octanol–water partition coefficient (Wildman–Crippen LogP) is 1.65. The maximum absolute atomic E-state index is 12.1. The first kappa shape index (κ1) is 14.4. The molecule has 0 saturated heterocycles. The van der Waals surface area contributed by atoms with Gasteiger partial charge in [-0.1, -0.05) is 6.07 Å². The van der Waals surface area contributed by atoms with E-state index in [2.05, 4.69) is 4.98 Å². The van der Waals surface area contributed by atoms with Crippen molar-refractivity contribution in [3.63, 3.8) is 0 Å². The summed E-state index contributed by atoms with van der Waals surface area (Å²) in [6.07, 6.45) is -3.31. The third-order valence-electron chi connectivity index (χ3n) is 1.38. The van der Waals surface area contributed by atoms with Crippen molar-refractivity contribution in [2.75, 3.05) is 0 Å². The fraction of sp³-hybridized carbons (Fsp3) is 0.333. The maximum Gasteiger partial charge on any atom is 0.433 e. The van der Waals surface area contributed by atoms with Crippen molar-refractivity contribution in [3.05, 3.63) is 29.6 Å². The third kappa shape index (κ3) is 5.30. The zero-order valence-corrected chi connectivity index (χ0v) is 8.45. The quantitative estimate of drug-likeness (QED) is 0.777. The van der Waals surface area contributed by atoms with E-state index < -0.39 is 17.8 Å².